The number of halogens is 1. The molecule has 1 aliphatic heterocycles. The third-order valence-electron chi connectivity index (χ3n) is 3.32. The summed E-state index contributed by atoms with van der Waals surface area (Å²) in [6, 6.07) is 5.35. The lowest BCUT2D eigenvalue weighted by Crippen LogP contribution is -2.29. The van der Waals surface area contributed by atoms with Gasteiger partial charge in [-0.2, -0.15) is 0 Å². The number of likely N-dealkylation sites (N-methyl/N-ethyl adjacent to an activating group) is 1. The Bertz CT molecular complexity index is 453. The van der Waals surface area contributed by atoms with E-state index in [-0.39, 0.29) is 10.6 Å². The van der Waals surface area contributed by atoms with E-state index in [1.54, 1.807) is 12.1 Å². The minimum absolute atomic E-state index is 0.107. The van der Waals surface area contributed by atoms with Crippen LogP contribution in [0.15, 0.2) is 18.2 Å². The first-order valence-electron chi connectivity index (χ1n) is 5.92. The normalized spacial score (nSPS) is 20.2. The van der Waals surface area contributed by atoms with Crippen LogP contribution >= 0.6 is 11.6 Å². The molecule has 18 heavy (non-hydrogen) atoms. The molecule has 0 spiro atoms. The number of nitrogens with zero attached hydrogens (tertiary/aromatic N) is 2. The van der Waals surface area contributed by atoms with Gasteiger partial charge in [0.15, 0.2) is 0 Å². The Morgan fingerprint density at radius 3 is 3.00 bits per heavy atom. The summed E-state index contributed by atoms with van der Waals surface area (Å²) in [7, 11) is 1.94. The van der Waals surface area contributed by atoms with Gasteiger partial charge in [-0.25, -0.2) is 0 Å². The molecule has 6 heteroatoms. The van der Waals surface area contributed by atoms with E-state index in [1.165, 1.54) is 6.07 Å². The Hall–Kier alpha value is -1.17. The first-order chi connectivity index (χ1) is 8.60. The molecule has 0 amide bonds. The van der Waals surface area contributed by atoms with Crippen molar-refractivity contribution in [3.05, 3.63) is 38.9 Å². The van der Waals surface area contributed by atoms with Gasteiger partial charge in [-0.3, -0.25) is 15.0 Å². The van der Waals surface area contributed by atoms with Crippen LogP contribution in [0.2, 0.25) is 5.02 Å². The number of nitro groups is 1. The molecule has 1 saturated heterocycles. The summed E-state index contributed by atoms with van der Waals surface area (Å²) in [6.07, 6.45) is 1.08. The summed E-state index contributed by atoms with van der Waals surface area (Å²) in [5.74, 6) is 0. The lowest BCUT2D eigenvalue weighted by molar-refractivity contribution is -0.385. The van der Waals surface area contributed by atoms with Gasteiger partial charge in [-0.1, -0.05) is 11.6 Å². The number of nitrogens with one attached hydrogen (secondary N) is 1. The van der Waals surface area contributed by atoms with Crippen LogP contribution in [0.5, 0.6) is 0 Å². The third kappa shape index (κ3) is 2.98. The maximum atomic E-state index is 11.0. The van der Waals surface area contributed by atoms with Crippen molar-refractivity contribution in [1.29, 1.82) is 0 Å². The molecule has 1 unspecified atom stereocenters. The molecule has 5 nitrogen and oxygen atoms in total. The molecule has 2 rings (SSSR count). The van der Waals surface area contributed by atoms with Gasteiger partial charge in [-0.05, 0) is 25.6 Å². The summed E-state index contributed by atoms with van der Waals surface area (Å²) in [5.41, 5.74) is 0.830. The molecule has 1 atom stereocenters. The van der Waals surface area contributed by atoms with Crippen molar-refractivity contribution in [2.75, 3.05) is 20.1 Å². The minimum atomic E-state index is -0.368. The van der Waals surface area contributed by atoms with E-state index in [0.717, 1.165) is 25.1 Å². The van der Waals surface area contributed by atoms with E-state index in [9.17, 15) is 10.1 Å². The second-order valence-corrected chi connectivity index (χ2v) is 4.98. The van der Waals surface area contributed by atoms with Crippen molar-refractivity contribution in [3.8, 4) is 0 Å². The molecule has 1 aromatic rings. The van der Waals surface area contributed by atoms with E-state index in [1.807, 2.05) is 7.05 Å². The fraction of sp³-hybridized carbons (Fsp3) is 0.500. The van der Waals surface area contributed by atoms with Crippen LogP contribution < -0.4 is 5.32 Å². The summed E-state index contributed by atoms with van der Waals surface area (Å²) in [6.45, 7) is 2.49. The molecule has 0 aliphatic carbocycles. The predicted octanol–water partition coefficient (Wildman–Crippen LogP) is 2.04. The second-order valence-electron chi connectivity index (χ2n) is 4.54. The van der Waals surface area contributed by atoms with E-state index in [0.29, 0.717) is 17.6 Å². The highest BCUT2D eigenvalue weighted by Crippen LogP contribution is 2.25. The number of nitro benzene ring substituents is 1. The van der Waals surface area contributed by atoms with Gasteiger partial charge in [-0.15, -0.1) is 0 Å². The number of rotatable bonds is 4. The van der Waals surface area contributed by atoms with Crippen molar-refractivity contribution in [1.82, 2.24) is 10.2 Å². The fourth-order valence-electron chi connectivity index (χ4n) is 2.29. The number of hydrogen-bond acceptors (Lipinski definition) is 4. The van der Waals surface area contributed by atoms with Crippen LogP contribution in [0, 0.1) is 10.1 Å². The minimum Gasteiger partial charge on any atom is -0.316 e. The highest BCUT2D eigenvalue weighted by molar-refractivity contribution is 6.30. The molecule has 98 valence electrons. The predicted molar refractivity (Wildman–Crippen MR) is 70.8 cm³/mol. The van der Waals surface area contributed by atoms with Crippen molar-refractivity contribution >= 4 is 17.3 Å². The maximum Gasteiger partial charge on any atom is 0.275 e. The van der Waals surface area contributed by atoms with Gasteiger partial charge in [0.05, 0.1) is 4.92 Å². The number of benzene rings is 1. The second kappa shape index (κ2) is 5.65. The van der Waals surface area contributed by atoms with Crippen molar-refractivity contribution in [2.24, 2.45) is 0 Å². The van der Waals surface area contributed by atoms with Crippen LogP contribution in [0.4, 0.5) is 5.69 Å². The Morgan fingerprint density at radius 2 is 2.39 bits per heavy atom. The molecular weight excluding hydrogens is 254 g/mol. The number of hydrogen-bond donors (Lipinski definition) is 1. The largest absolute Gasteiger partial charge is 0.316 e. The van der Waals surface area contributed by atoms with E-state index < -0.39 is 0 Å². The lowest BCUT2D eigenvalue weighted by Gasteiger charge is -2.15. The van der Waals surface area contributed by atoms with Gasteiger partial charge >= 0.3 is 0 Å². The topological polar surface area (TPSA) is 58.4 Å². The zero-order chi connectivity index (χ0) is 13.1. The van der Waals surface area contributed by atoms with Crippen LogP contribution in [-0.2, 0) is 6.54 Å². The first kappa shape index (κ1) is 13.3. The molecule has 1 N–H and O–H groups in total. The van der Waals surface area contributed by atoms with Crippen molar-refractivity contribution in [3.63, 3.8) is 0 Å². The van der Waals surface area contributed by atoms with E-state index >= 15 is 0 Å². The van der Waals surface area contributed by atoms with Crippen LogP contribution in [0.1, 0.15) is 12.0 Å². The Kier molecular flexibility index (Phi) is 4.16. The summed E-state index contributed by atoms with van der Waals surface area (Å²) >= 11 is 5.80. The van der Waals surface area contributed by atoms with Gasteiger partial charge in [0.25, 0.3) is 5.69 Å². The zero-order valence-electron chi connectivity index (χ0n) is 10.2. The molecular formula is C12H16ClN3O2. The smallest absolute Gasteiger partial charge is 0.275 e. The molecule has 0 saturated carbocycles. The quantitative estimate of drug-likeness (QED) is 0.671. The lowest BCUT2D eigenvalue weighted by atomic mass is 10.1. The standard InChI is InChI=1S/C12H16ClN3O2/c1-14-11-4-5-15(8-11)7-9-2-3-10(13)6-12(9)16(17)18/h2-3,6,11,14H,4-5,7-8H2,1H3. The Morgan fingerprint density at radius 1 is 1.61 bits per heavy atom. The summed E-state index contributed by atoms with van der Waals surface area (Å²) in [4.78, 5) is 12.8. The van der Waals surface area contributed by atoms with Gasteiger partial charge < -0.3 is 5.32 Å². The molecule has 0 bridgehead atoms. The molecule has 1 fully saturated rings. The van der Waals surface area contributed by atoms with Gasteiger partial charge in [0, 0.05) is 42.3 Å². The van der Waals surface area contributed by atoms with Crippen LogP contribution in [0.25, 0.3) is 0 Å². The zero-order valence-corrected chi connectivity index (χ0v) is 11.0. The highest BCUT2D eigenvalue weighted by Gasteiger charge is 2.23. The first-order valence-corrected chi connectivity index (χ1v) is 6.30. The van der Waals surface area contributed by atoms with Gasteiger partial charge in [0.1, 0.15) is 0 Å². The molecule has 0 radical (unpaired) electrons. The van der Waals surface area contributed by atoms with Crippen LogP contribution in [-0.4, -0.2) is 36.0 Å². The van der Waals surface area contributed by atoms with Crippen LogP contribution in [0.3, 0.4) is 0 Å². The van der Waals surface area contributed by atoms with E-state index in [4.69, 9.17) is 11.6 Å². The maximum absolute atomic E-state index is 11.0. The fourth-order valence-corrected chi connectivity index (χ4v) is 2.46. The Labute approximate surface area is 111 Å². The molecule has 1 heterocycles. The molecule has 1 aromatic carbocycles. The third-order valence-corrected chi connectivity index (χ3v) is 3.55. The average Bonchev–Trinajstić information content (AvgIpc) is 2.79. The molecule has 1 aliphatic rings. The van der Waals surface area contributed by atoms with Gasteiger partial charge in [0.2, 0.25) is 0 Å². The number of likely N-dealkylation sites (tertiary alicyclic amines) is 1. The SMILES string of the molecule is CNC1CCN(Cc2ccc(Cl)cc2[N+](=O)[O-])C1. The monoisotopic (exact) mass is 269 g/mol. The summed E-state index contributed by atoms with van der Waals surface area (Å²) < 4.78 is 0. The summed E-state index contributed by atoms with van der Waals surface area (Å²) in [5, 5.41) is 14.6. The highest BCUT2D eigenvalue weighted by atomic mass is 35.5. The average molecular weight is 270 g/mol. The van der Waals surface area contributed by atoms with Crippen molar-refractivity contribution in [2.45, 2.75) is 19.0 Å². The Balaban J connectivity index is 2.12. The van der Waals surface area contributed by atoms with Crippen molar-refractivity contribution < 1.29 is 4.92 Å². The molecule has 0 aromatic heterocycles. The van der Waals surface area contributed by atoms with E-state index in [2.05, 4.69) is 10.2 Å².